The summed E-state index contributed by atoms with van der Waals surface area (Å²) in [6, 6.07) is 18.9. The van der Waals surface area contributed by atoms with Gasteiger partial charge < -0.3 is 9.84 Å². The Morgan fingerprint density at radius 1 is 1.08 bits per heavy atom. The number of amides is 1. The highest BCUT2D eigenvalue weighted by Gasteiger charge is 2.48. The Hall–Kier alpha value is -3.68. The van der Waals surface area contributed by atoms with Crippen molar-refractivity contribution in [2.75, 3.05) is 11.5 Å². The molecular weight excluding hydrogens is 520 g/mol. The third-order valence-electron chi connectivity index (χ3n) is 6.51. The molecule has 194 valence electrons. The highest BCUT2D eigenvalue weighted by Crippen LogP contribution is 2.45. The maximum Gasteiger partial charge on any atom is 0.301 e. The summed E-state index contributed by atoms with van der Waals surface area (Å²) >= 11 is 7.45. The second-order valence-corrected chi connectivity index (χ2v) is 10.7. The second-order valence-electron chi connectivity index (χ2n) is 9.27. The number of nitrogens with zero attached hydrogens (tertiary/aromatic N) is 2. The van der Waals surface area contributed by atoms with Crippen molar-refractivity contribution in [3.8, 4) is 5.75 Å². The standard InChI is InChI=1S/C30H27ClN2O4S/c1-3-4-5-15-37-22-8-6-7-20(16-22)26-25(27(34)19-11-9-18(2)10-12-19)28(35)29(36)33(26)30-32-23-14-13-21(31)17-24(23)38-30/h6-14,16-17,26,34H,3-5,15H2,1-2H3. The molecule has 1 unspecified atom stereocenters. The molecule has 0 saturated carbocycles. The molecule has 0 spiro atoms. The molecule has 8 heteroatoms. The first-order valence-corrected chi connectivity index (χ1v) is 13.7. The molecule has 0 bridgehead atoms. The molecule has 1 atom stereocenters. The lowest BCUT2D eigenvalue weighted by Crippen LogP contribution is -2.29. The van der Waals surface area contributed by atoms with Crippen molar-refractivity contribution in [3.63, 3.8) is 0 Å². The lowest BCUT2D eigenvalue weighted by Gasteiger charge is -2.23. The normalized spacial score (nSPS) is 16.9. The Kier molecular flexibility index (Phi) is 7.49. The van der Waals surface area contributed by atoms with Crippen LogP contribution in [0, 0.1) is 6.92 Å². The number of aromatic nitrogens is 1. The van der Waals surface area contributed by atoms with Crippen LogP contribution in [0.1, 0.15) is 48.9 Å². The van der Waals surface area contributed by atoms with Gasteiger partial charge >= 0.3 is 5.91 Å². The number of aliphatic hydroxyl groups excluding tert-OH is 1. The number of aliphatic hydroxyl groups is 1. The molecule has 0 radical (unpaired) electrons. The molecule has 1 aromatic heterocycles. The van der Waals surface area contributed by atoms with Gasteiger partial charge in [0.05, 0.1) is 28.4 Å². The van der Waals surface area contributed by atoms with Gasteiger partial charge in [0, 0.05) is 10.6 Å². The fourth-order valence-corrected chi connectivity index (χ4v) is 5.79. The quantitative estimate of drug-likeness (QED) is 0.107. The number of thiazole rings is 1. The van der Waals surface area contributed by atoms with Crippen LogP contribution >= 0.6 is 22.9 Å². The SMILES string of the molecule is CCCCCOc1cccc(C2C(=C(O)c3ccc(C)cc3)C(=O)C(=O)N2c2nc3ccc(Cl)cc3s2)c1. The predicted octanol–water partition coefficient (Wildman–Crippen LogP) is 7.45. The van der Waals surface area contributed by atoms with Gasteiger partial charge in [-0.25, -0.2) is 4.98 Å². The zero-order valence-electron chi connectivity index (χ0n) is 21.1. The van der Waals surface area contributed by atoms with Crippen LogP contribution in [-0.4, -0.2) is 28.4 Å². The number of hydrogen-bond acceptors (Lipinski definition) is 6. The van der Waals surface area contributed by atoms with Crippen molar-refractivity contribution in [1.82, 2.24) is 4.98 Å². The van der Waals surface area contributed by atoms with Crippen molar-refractivity contribution in [3.05, 3.63) is 94.0 Å². The molecule has 5 rings (SSSR count). The molecule has 1 aliphatic heterocycles. The van der Waals surface area contributed by atoms with Crippen molar-refractivity contribution < 1.29 is 19.4 Å². The number of unbranched alkanes of at least 4 members (excludes halogenated alkanes) is 2. The molecule has 2 heterocycles. The van der Waals surface area contributed by atoms with Crippen LogP contribution in [0.4, 0.5) is 5.13 Å². The average Bonchev–Trinajstić information content (AvgIpc) is 3.44. The van der Waals surface area contributed by atoms with Gasteiger partial charge in [-0.3, -0.25) is 14.5 Å². The summed E-state index contributed by atoms with van der Waals surface area (Å²) in [7, 11) is 0. The summed E-state index contributed by atoms with van der Waals surface area (Å²) in [4.78, 5) is 33.0. The van der Waals surface area contributed by atoms with E-state index >= 15 is 0 Å². The van der Waals surface area contributed by atoms with E-state index in [4.69, 9.17) is 16.3 Å². The van der Waals surface area contributed by atoms with Gasteiger partial charge in [-0.15, -0.1) is 0 Å². The summed E-state index contributed by atoms with van der Waals surface area (Å²) in [5, 5.41) is 12.3. The van der Waals surface area contributed by atoms with Crippen LogP contribution in [0.3, 0.4) is 0 Å². The second kappa shape index (κ2) is 11.0. The number of anilines is 1. The molecule has 6 nitrogen and oxygen atoms in total. The van der Waals surface area contributed by atoms with Gasteiger partial charge in [0.15, 0.2) is 5.13 Å². The Balaban J connectivity index is 1.64. The number of rotatable bonds is 8. The van der Waals surface area contributed by atoms with Crippen LogP contribution in [0.25, 0.3) is 16.0 Å². The number of carbonyl (C=O) groups excluding carboxylic acids is 2. The Labute approximate surface area is 230 Å². The minimum atomic E-state index is -0.883. The van der Waals surface area contributed by atoms with E-state index in [9.17, 15) is 14.7 Å². The lowest BCUT2D eigenvalue weighted by atomic mass is 9.95. The van der Waals surface area contributed by atoms with Gasteiger partial charge in [0.25, 0.3) is 5.78 Å². The summed E-state index contributed by atoms with van der Waals surface area (Å²) in [6.07, 6.45) is 3.09. The van der Waals surface area contributed by atoms with Crippen molar-refractivity contribution >= 4 is 55.7 Å². The number of ether oxygens (including phenoxy) is 1. The van der Waals surface area contributed by atoms with Crippen molar-refractivity contribution in [2.45, 2.75) is 39.2 Å². The van der Waals surface area contributed by atoms with E-state index < -0.39 is 17.7 Å². The molecule has 4 aromatic rings. The van der Waals surface area contributed by atoms with E-state index in [1.165, 1.54) is 16.2 Å². The zero-order chi connectivity index (χ0) is 26.8. The molecule has 1 aliphatic rings. The Morgan fingerprint density at radius 3 is 2.63 bits per heavy atom. The van der Waals surface area contributed by atoms with Gasteiger partial charge in [-0.05, 0) is 49.2 Å². The van der Waals surface area contributed by atoms with Crippen LogP contribution in [0.5, 0.6) is 5.75 Å². The maximum atomic E-state index is 13.5. The molecule has 3 aromatic carbocycles. The third kappa shape index (κ3) is 5.04. The molecule has 1 saturated heterocycles. The first-order valence-electron chi connectivity index (χ1n) is 12.5. The molecule has 1 fully saturated rings. The summed E-state index contributed by atoms with van der Waals surface area (Å²) in [6.45, 7) is 4.64. The first kappa shape index (κ1) is 25.9. The molecule has 1 amide bonds. The highest BCUT2D eigenvalue weighted by atomic mass is 35.5. The molecule has 38 heavy (non-hydrogen) atoms. The average molecular weight is 547 g/mol. The van der Waals surface area contributed by atoms with Crippen molar-refractivity contribution in [2.24, 2.45) is 0 Å². The molecular formula is C30H27ClN2O4S. The number of ketones is 1. The largest absolute Gasteiger partial charge is 0.507 e. The number of benzene rings is 3. The van der Waals surface area contributed by atoms with E-state index in [-0.39, 0.29) is 11.3 Å². The van der Waals surface area contributed by atoms with E-state index in [1.54, 1.807) is 30.3 Å². The maximum absolute atomic E-state index is 13.5. The number of fused-ring (bicyclic) bond motifs is 1. The highest BCUT2D eigenvalue weighted by molar-refractivity contribution is 7.22. The van der Waals surface area contributed by atoms with Crippen LogP contribution < -0.4 is 9.64 Å². The number of carbonyl (C=O) groups is 2. The predicted molar refractivity (Wildman–Crippen MR) is 152 cm³/mol. The van der Waals surface area contributed by atoms with Gasteiger partial charge in [-0.2, -0.15) is 0 Å². The smallest absolute Gasteiger partial charge is 0.301 e. The summed E-state index contributed by atoms with van der Waals surface area (Å²) < 4.78 is 6.75. The Morgan fingerprint density at radius 2 is 1.87 bits per heavy atom. The van der Waals surface area contributed by atoms with E-state index in [2.05, 4.69) is 11.9 Å². The summed E-state index contributed by atoms with van der Waals surface area (Å²) in [5.41, 5.74) is 2.80. The first-order chi connectivity index (χ1) is 18.4. The Bertz CT molecular complexity index is 1540. The van der Waals surface area contributed by atoms with E-state index in [1.807, 2.05) is 43.3 Å². The number of aryl methyl sites for hydroxylation is 1. The van der Waals surface area contributed by atoms with Crippen LogP contribution in [0.15, 0.2) is 72.3 Å². The van der Waals surface area contributed by atoms with E-state index in [0.717, 1.165) is 29.5 Å². The van der Waals surface area contributed by atoms with Gasteiger partial charge in [0.1, 0.15) is 11.5 Å². The monoisotopic (exact) mass is 546 g/mol. The number of halogens is 1. The van der Waals surface area contributed by atoms with Gasteiger partial charge in [0.2, 0.25) is 0 Å². The lowest BCUT2D eigenvalue weighted by molar-refractivity contribution is -0.132. The topological polar surface area (TPSA) is 79.7 Å². The van der Waals surface area contributed by atoms with E-state index in [0.29, 0.717) is 39.2 Å². The zero-order valence-corrected chi connectivity index (χ0v) is 22.7. The fourth-order valence-electron chi connectivity index (χ4n) is 4.52. The van der Waals surface area contributed by atoms with Gasteiger partial charge in [-0.1, -0.05) is 84.7 Å². The number of Topliss-reactive ketones (excluding diaryl/α,β-unsaturated/α-hetero) is 1. The minimum Gasteiger partial charge on any atom is -0.507 e. The number of hydrogen-bond donors (Lipinski definition) is 1. The molecule has 0 aliphatic carbocycles. The minimum absolute atomic E-state index is 0.0132. The van der Waals surface area contributed by atoms with Crippen LogP contribution in [0.2, 0.25) is 5.02 Å². The molecule has 1 N–H and O–H groups in total. The van der Waals surface area contributed by atoms with Crippen molar-refractivity contribution in [1.29, 1.82) is 0 Å². The van der Waals surface area contributed by atoms with Crippen LogP contribution in [-0.2, 0) is 9.59 Å². The fraction of sp³-hybridized carbons (Fsp3) is 0.233. The third-order valence-corrected chi connectivity index (χ3v) is 7.76. The summed E-state index contributed by atoms with van der Waals surface area (Å²) in [5.74, 6) is -1.10.